The van der Waals surface area contributed by atoms with Crippen LogP contribution in [0.1, 0.15) is 5.89 Å². The molecule has 1 heterocycles. The van der Waals surface area contributed by atoms with E-state index in [0.29, 0.717) is 17.5 Å². The van der Waals surface area contributed by atoms with Gasteiger partial charge in [-0.05, 0) is 30.3 Å². The second-order valence-corrected chi connectivity index (χ2v) is 7.99. The third kappa shape index (κ3) is 4.01. The largest absolute Gasteiger partial charge is 0.484 e. The summed E-state index contributed by atoms with van der Waals surface area (Å²) < 4.78 is 34.7. The van der Waals surface area contributed by atoms with Gasteiger partial charge < -0.3 is 9.26 Å². The molecule has 0 unspecified atom stereocenters. The smallest absolute Gasteiger partial charge is 0.264 e. The van der Waals surface area contributed by atoms with Gasteiger partial charge in [0.2, 0.25) is 5.82 Å². The highest BCUT2D eigenvalue weighted by molar-refractivity contribution is 9.10. The SMILES string of the molecule is CS(=O)(=O)c1cccc(OCc2nc(-c3cccc(Br)c3)no2)c1. The Hall–Kier alpha value is -2.19. The van der Waals surface area contributed by atoms with Crippen LogP contribution in [0.2, 0.25) is 0 Å². The van der Waals surface area contributed by atoms with E-state index in [0.717, 1.165) is 16.3 Å². The Balaban J connectivity index is 1.72. The highest BCUT2D eigenvalue weighted by Gasteiger charge is 2.11. The molecule has 0 radical (unpaired) electrons. The van der Waals surface area contributed by atoms with E-state index in [4.69, 9.17) is 9.26 Å². The monoisotopic (exact) mass is 408 g/mol. The molecule has 1 aromatic heterocycles. The van der Waals surface area contributed by atoms with E-state index in [2.05, 4.69) is 26.1 Å². The Bertz CT molecular complexity index is 969. The number of rotatable bonds is 5. The molecule has 0 aliphatic heterocycles. The lowest BCUT2D eigenvalue weighted by atomic mass is 10.2. The average Bonchev–Trinajstić information content (AvgIpc) is 3.01. The Morgan fingerprint density at radius 1 is 1.17 bits per heavy atom. The van der Waals surface area contributed by atoms with Gasteiger partial charge in [-0.15, -0.1) is 0 Å². The second-order valence-electron chi connectivity index (χ2n) is 5.06. The van der Waals surface area contributed by atoms with Crippen LogP contribution < -0.4 is 4.74 Å². The van der Waals surface area contributed by atoms with Crippen molar-refractivity contribution in [1.82, 2.24) is 10.1 Å². The molecule has 2 aromatic carbocycles. The third-order valence-corrected chi connectivity index (χ3v) is 4.75. The van der Waals surface area contributed by atoms with Gasteiger partial charge in [0.05, 0.1) is 4.90 Å². The lowest BCUT2D eigenvalue weighted by molar-refractivity contribution is 0.242. The first-order valence-electron chi connectivity index (χ1n) is 6.93. The molecular formula is C16H13BrN2O4S. The maximum Gasteiger partial charge on any atom is 0.264 e. The minimum absolute atomic E-state index is 0.0498. The molecule has 0 fully saturated rings. The molecule has 0 saturated carbocycles. The molecule has 0 atom stereocenters. The van der Waals surface area contributed by atoms with Crippen molar-refractivity contribution in [2.75, 3.05) is 6.26 Å². The Morgan fingerprint density at radius 3 is 2.71 bits per heavy atom. The fourth-order valence-corrected chi connectivity index (χ4v) is 3.05. The summed E-state index contributed by atoms with van der Waals surface area (Å²) in [6, 6.07) is 13.8. The molecule has 0 aliphatic carbocycles. The summed E-state index contributed by atoms with van der Waals surface area (Å²) in [6.45, 7) is 0.0498. The molecule has 8 heteroatoms. The topological polar surface area (TPSA) is 82.3 Å². The second kappa shape index (κ2) is 6.74. The third-order valence-electron chi connectivity index (χ3n) is 3.15. The Morgan fingerprint density at radius 2 is 1.96 bits per heavy atom. The van der Waals surface area contributed by atoms with Crippen molar-refractivity contribution < 1.29 is 17.7 Å². The first kappa shape index (κ1) is 16.7. The first-order valence-corrected chi connectivity index (χ1v) is 9.62. The molecule has 0 bridgehead atoms. The summed E-state index contributed by atoms with van der Waals surface area (Å²) in [4.78, 5) is 4.46. The minimum atomic E-state index is -3.28. The first-order chi connectivity index (χ1) is 11.4. The van der Waals surface area contributed by atoms with Crippen molar-refractivity contribution in [3.05, 3.63) is 58.9 Å². The van der Waals surface area contributed by atoms with Crippen molar-refractivity contribution in [2.45, 2.75) is 11.5 Å². The average molecular weight is 409 g/mol. The molecule has 124 valence electrons. The highest BCUT2D eigenvalue weighted by Crippen LogP contribution is 2.21. The van der Waals surface area contributed by atoms with Crippen LogP contribution in [0.25, 0.3) is 11.4 Å². The quantitative estimate of drug-likeness (QED) is 0.642. The molecule has 6 nitrogen and oxygen atoms in total. The molecule has 0 aliphatic rings. The zero-order chi connectivity index (χ0) is 17.2. The Kier molecular flexibility index (Phi) is 4.68. The molecule has 0 N–H and O–H groups in total. The van der Waals surface area contributed by atoms with E-state index in [1.807, 2.05) is 24.3 Å². The van der Waals surface area contributed by atoms with Gasteiger partial charge in [0.15, 0.2) is 16.4 Å². The molecule has 0 amide bonds. The standard InChI is InChI=1S/C16H13BrN2O4S/c1-24(20,21)14-7-3-6-13(9-14)22-10-15-18-16(19-23-15)11-4-2-5-12(17)8-11/h2-9H,10H2,1H3. The maximum absolute atomic E-state index is 11.5. The van der Waals surface area contributed by atoms with E-state index < -0.39 is 9.84 Å². The van der Waals surface area contributed by atoms with Crippen molar-refractivity contribution in [2.24, 2.45) is 0 Å². The van der Waals surface area contributed by atoms with E-state index in [1.165, 1.54) is 12.1 Å². The van der Waals surface area contributed by atoms with Gasteiger partial charge in [0, 0.05) is 16.3 Å². The molecular weight excluding hydrogens is 396 g/mol. The van der Waals surface area contributed by atoms with Gasteiger partial charge in [-0.2, -0.15) is 4.98 Å². The normalized spacial score (nSPS) is 11.4. The van der Waals surface area contributed by atoms with Crippen molar-refractivity contribution in [3.8, 4) is 17.1 Å². The summed E-state index contributed by atoms with van der Waals surface area (Å²) >= 11 is 3.39. The molecule has 3 aromatic rings. The van der Waals surface area contributed by atoms with Gasteiger partial charge >= 0.3 is 0 Å². The zero-order valence-corrected chi connectivity index (χ0v) is 15.0. The number of hydrogen-bond acceptors (Lipinski definition) is 6. The number of ether oxygens (including phenoxy) is 1. The summed E-state index contributed by atoms with van der Waals surface area (Å²) in [6.07, 6.45) is 1.15. The highest BCUT2D eigenvalue weighted by atomic mass is 79.9. The fraction of sp³-hybridized carbons (Fsp3) is 0.125. The molecule has 0 spiro atoms. The van der Waals surface area contributed by atoms with Crippen molar-refractivity contribution >= 4 is 25.8 Å². The number of halogens is 1. The molecule has 24 heavy (non-hydrogen) atoms. The predicted molar refractivity (Wildman–Crippen MR) is 91.3 cm³/mol. The molecule has 3 rings (SSSR count). The van der Waals surface area contributed by atoms with E-state index in [1.54, 1.807) is 12.1 Å². The van der Waals surface area contributed by atoms with Crippen LogP contribution in [-0.2, 0) is 16.4 Å². The van der Waals surface area contributed by atoms with Crippen LogP contribution in [0.4, 0.5) is 0 Å². The molecule has 0 saturated heterocycles. The van der Waals surface area contributed by atoms with Gasteiger partial charge in [-0.1, -0.05) is 39.3 Å². The van der Waals surface area contributed by atoms with Crippen LogP contribution in [0.5, 0.6) is 5.75 Å². The van der Waals surface area contributed by atoms with Crippen LogP contribution in [0.15, 0.2) is 62.4 Å². The van der Waals surface area contributed by atoms with Gasteiger partial charge in [0.1, 0.15) is 5.75 Å². The predicted octanol–water partition coefficient (Wildman–Crippen LogP) is 3.48. The summed E-state index contributed by atoms with van der Waals surface area (Å²) in [5.41, 5.74) is 0.818. The Labute approximate surface area is 147 Å². The zero-order valence-electron chi connectivity index (χ0n) is 12.6. The van der Waals surface area contributed by atoms with Gasteiger partial charge in [0.25, 0.3) is 5.89 Å². The van der Waals surface area contributed by atoms with Crippen LogP contribution in [-0.4, -0.2) is 24.8 Å². The van der Waals surface area contributed by atoms with Crippen molar-refractivity contribution in [1.29, 1.82) is 0 Å². The maximum atomic E-state index is 11.5. The lowest BCUT2D eigenvalue weighted by Crippen LogP contribution is -1.99. The van der Waals surface area contributed by atoms with Crippen LogP contribution in [0, 0.1) is 0 Å². The van der Waals surface area contributed by atoms with E-state index >= 15 is 0 Å². The number of aromatic nitrogens is 2. The van der Waals surface area contributed by atoms with Crippen LogP contribution in [0.3, 0.4) is 0 Å². The summed E-state index contributed by atoms with van der Waals surface area (Å²) in [5.74, 6) is 1.18. The number of sulfone groups is 1. The van der Waals surface area contributed by atoms with Gasteiger partial charge in [-0.25, -0.2) is 8.42 Å². The number of nitrogens with zero attached hydrogens (tertiary/aromatic N) is 2. The summed E-state index contributed by atoms with van der Waals surface area (Å²) in [7, 11) is -3.28. The minimum Gasteiger partial charge on any atom is -0.484 e. The van der Waals surface area contributed by atoms with E-state index in [9.17, 15) is 8.42 Å². The summed E-state index contributed by atoms with van der Waals surface area (Å²) in [5, 5.41) is 3.91. The number of benzene rings is 2. The fourth-order valence-electron chi connectivity index (χ4n) is 2.00. The van der Waals surface area contributed by atoms with Crippen molar-refractivity contribution in [3.63, 3.8) is 0 Å². The van der Waals surface area contributed by atoms with Gasteiger partial charge in [-0.3, -0.25) is 0 Å². The lowest BCUT2D eigenvalue weighted by Gasteiger charge is -2.04. The van der Waals surface area contributed by atoms with E-state index in [-0.39, 0.29) is 11.5 Å². The number of hydrogen-bond donors (Lipinski definition) is 0. The van der Waals surface area contributed by atoms with Crippen LogP contribution >= 0.6 is 15.9 Å².